The van der Waals surface area contributed by atoms with Gasteiger partial charge in [-0.3, -0.25) is 14.7 Å². The van der Waals surface area contributed by atoms with E-state index in [4.69, 9.17) is 4.74 Å². The summed E-state index contributed by atoms with van der Waals surface area (Å²) >= 11 is 0. The topological polar surface area (TPSA) is 51.6 Å². The molecule has 5 heterocycles. The summed E-state index contributed by atoms with van der Waals surface area (Å²) in [6.07, 6.45) is 12.0. The Balaban J connectivity index is 0.967. The molecule has 1 unspecified atom stereocenters. The molecule has 7 rings (SSSR count). The molecule has 0 aromatic heterocycles. The van der Waals surface area contributed by atoms with Gasteiger partial charge in [0.15, 0.2) is 0 Å². The number of amides is 1. The number of hydrazone groups is 1. The molecule has 5 aliphatic heterocycles. The number of nitrogens with zero attached hydrogens (tertiary/aromatic N) is 5. The zero-order valence-corrected chi connectivity index (χ0v) is 21.1. The van der Waals surface area contributed by atoms with Gasteiger partial charge < -0.3 is 14.5 Å². The average molecular weight is 488 g/mol. The maximum atomic E-state index is 12.5. The van der Waals surface area contributed by atoms with E-state index in [1.54, 1.807) is 0 Å². The Labute approximate surface area is 214 Å². The van der Waals surface area contributed by atoms with Gasteiger partial charge in [-0.2, -0.15) is 5.10 Å². The summed E-state index contributed by atoms with van der Waals surface area (Å²) in [5.74, 6) is 1.36. The molecule has 36 heavy (non-hydrogen) atoms. The van der Waals surface area contributed by atoms with Gasteiger partial charge in [0.05, 0.1) is 25.3 Å². The number of hydrogen-bond donors (Lipinski definition) is 0. The van der Waals surface area contributed by atoms with E-state index in [2.05, 4.69) is 61.4 Å². The van der Waals surface area contributed by atoms with E-state index in [9.17, 15) is 4.79 Å². The van der Waals surface area contributed by atoms with Crippen molar-refractivity contribution in [3.63, 3.8) is 0 Å². The average Bonchev–Trinajstić information content (AvgIpc) is 3.66. The van der Waals surface area contributed by atoms with Gasteiger partial charge in [-0.25, -0.2) is 0 Å². The second kappa shape index (κ2) is 9.34. The quantitative estimate of drug-likeness (QED) is 0.639. The maximum Gasteiger partial charge on any atom is 0.225 e. The summed E-state index contributed by atoms with van der Waals surface area (Å²) in [6.45, 7) is 7.74. The van der Waals surface area contributed by atoms with Crippen LogP contribution in [-0.2, 0) is 9.53 Å². The molecule has 1 amide bonds. The predicted molar refractivity (Wildman–Crippen MR) is 140 cm³/mol. The first-order chi connectivity index (χ1) is 17.7. The van der Waals surface area contributed by atoms with E-state index in [-0.39, 0.29) is 6.04 Å². The first-order valence-electron chi connectivity index (χ1n) is 13.9. The molecule has 0 bridgehead atoms. The second-order valence-electron chi connectivity index (χ2n) is 11.3. The molecule has 0 N–H and O–H groups in total. The van der Waals surface area contributed by atoms with Crippen molar-refractivity contribution in [3.8, 4) is 0 Å². The van der Waals surface area contributed by atoms with Gasteiger partial charge in [-0.15, -0.1) is 0 Å². The van der Waals surface area contributed by atoms with Crippen molar-refractivity contribution in [1.29, 1.82) is 0 Å². The molecule has 1 saturated carbocycles. The molecule has 7 heteroatoms. The highest BCUT2D eigenvalue weighted by molar-refractivity contribution is 5.81. The van der Waals surface area contributed by atoms with Crippen LogP contribution in [0.2, 0.25) is 0 Å². The van der Waals surface area contributed by atoms with Crippen LogP contribution in [0.3, 0.4) is 0 Å². The first kappa shape index (κ1) is 22.5. The minimum atomic E-state index is 0.259. The number of piperazine rings is 1. The Bertz CT molecular complexity index is 1070. The lowest BCUT2D eigenvalue weighted by Crippen LogP contribution is -2.51. The number of hydrogen-bond acceptors (Lipinski definition) is 6. The Kier molecular flexibility index (Phi) is 5.85. The van der Waals surface area contributed by atoms with Gasteiger partial charge in [0.2, 0.25) is 5.91 Å². The monoisotopic (exact) mass is 487 g/mol. The number of rotatable bonds is 5. The fraction of sp³-hybridized carbons (Fsp3) is 0.586. The van der Waals surface area contributed by atoms with Crippen LogP contribution in [0.15, 0.2) is 47.3 Å². The summed E-state index contributed by atoms with van der Waals surface area (Å²) in [6, 6.07) is 10.3. The Morgan fingerprint density at radius 1 is 0.917 bits per heavy atom. The third kappa shape index (κ3) is 4.26. The molecule has 3 saturated heterocycles. The summed E-state index contributed by atoms with van der Waals surface area (Å²) in [7, 11) is 0. The van der Waals surface area contributed by atoms with Gasteiger partial charge in [0, 0.05) is 56.6 Å². The van der Waals surface area contributed by atoms with Crippen molar-refractivity contribution in [3.05, 3.63) is 53.4 Å². The van der Waals surface area contributed by atoms with Crippen molar-refractivity contribution in [2.45, 2.75) is 50.1 Å². The minimum absolute atomic E-state index is 0.259. The largest absolute Gasteiger partial charge is 0.378 e. The number of piperidine rings is 1. The first-order valence-corrected chi connectivity index (χ1v) is 13.9. The Hall–Kier alpha value is -2.64. The van der Waals surface area contributed by atoms with Crippen LogP contribution < -0.4 is 0 Å². The molecular weight excluding hydrogens is 450 g/mol. The molecular formula is C29H37N5O2. The normalized spacial score (nSPS) is 27.6. The van der Waals surface area contributed by atoms with E-state index in [1.165, 1.54) is 48.3 Å². The third-order valence-electron chi connectivity index (χ3n) is 9.11. The summed E-state index contributed by atoms with van der Waals surface area (Å²) in [4.78, 5) is 19.6. The smallest absolute Gasteiger partial charge is 0.225 e. The number of likely N-dealkylation sites (tertiary alicyclic amines) is 1. The molecule has 1 aliphatic carbocycles. The van der Waals surface area contributed by atoms with Gasteiger partial charge in [-0.1, -0.05) is 24.3 Å². The Morgan fingerprint density at radius 2 is 1.67 bits per heavy atom. The number of carbonyl (C=O) groups excluding carboxylic acids is 1. The van der Waals surface area contributed by atoms with Crippen LogP contribution in [0.4, 0.5) is 0 Å². The molecule has 1 atom stereocenters. The third-order valence-corrected chi connectivity index (χ3v) is 9.11. The fourth-order valence-electron chi connectivity index (χ4n) is 6.54. The molecule has 7 nitrogen and oxygen atoms in total. The van der Waals surface area contributed by atoms with Crippen molar-refractivity contribution in [2.24, 2.45) is 11.0 Å². The standard InChI is InChI=1S/C29H37N5O2/c35-29(24-5-6-24)33-15-13-32(14-16-33)27-7-10-30-34-18-25(17-28(27)34)22-3-1-21(2-4-22)23-8-11-31(12-9-23)26-19-36-20-26/h1-4,7,10,18,23-24,26,28H,5-6,8-9,11-17,19-20H2. The number of ether oxygens (including phenoxy) is 1. The van der Waals surface area contributed by atoms with E-state index < -0.39 is 0 Å². The minimum Gasteiger partial charge on any atom is -0.378 e. The second-order valence-corrected chi connectivity index (χ2v) is 11.3. The number of carbonyl (C=O) groups is 1. The SMILES string of the molecule is O=C(C1CC1)N1CCN(C2=CC=NN3C=C(c4ccc(C5CCN(C6COC6)CC5)cc4)CC23)CC1. The van der Waals surface area contributed by atoms with Gasteiger partial charge in [0.1, 0.15) is 0 Å². The fourth-order valence-corrected chi connectivity index (χ4v) is 6.54. The van der Waals surface area contributed by atoms with Crippen LogP contribution in [0, 0.1) is 5.92 Å². The number of fused-ring (bicyclic) bond motifs is 1. The van der Waals surface area contributed by atoms with Gasteiger partial charge in [0.25, 0.3) is 0 Å². The molecule has 1 aromatic rings. The summed E-state index contributed by atoms with van der Waals surface area (Å²) in [5, 5.41) is 6.80. The lowest BCUT2D eigenvalue weighted by Gasteiger charge is -2.41. The van der Waals surface area contributed by atoms with E-state index in [0.717, 1.165) is 58.7 Å². The van der Waals surface area contributed by atoms with Crippen LogP contribution in [0.1, 0.15) is 49.1 Å². The van der Waals surface area contributed by atoms with E-state index in [1.807, 2.05) is 6.21 Å². The van der Waals surface area contributed by atoms with Crippen LogP contribution in [0.5, 0.6) is 0 Å². The highest BCUT2D eigenvalue weighted by Gasteiger charge is 2.37. The maximum absolute atomic E-state index is 12.5. The lowest BCUT2D eigenvalue weighted by molar-refractivity contribution is -0.134. The molecule has 0 radical (unpaired) electrons. The Morgan fingerprint density at radius 3 is 2.33 bits per heavy atom. The van der Waals surface area contributed by atoms with E-state index in [0.29, 0.717) is 23.8 Å². The molecule has 1 aromatic carbocycles. The zero-order valence-electron chi connectivity index (χ0n) is 21.1. The highest BCUT2D eigenvalue weighted by Crippen LogP contribution is 2.38. The van der Waals surface area contributed by atoms with E-state index >= 15 is 0 Å². The van der Waals surface area contributed by atoms with Crippen molar-refractivity contribution < 1.29 is 9.53 Å². The lowest BCUT2D eigenvalue weighted by atomic mass is 9.87. The number of allylic oxidation sites excluding steroid dienone is 1. The molecule has 6 aliphatic rings. The number of benzene rings is 1. The highest BCUT2D eigenvalue weighted by atomic mass is 16.5. The predicted octanol–water partition coefficient (Wildman–Crippen LogP) is 3.12. The summed E-state index contributed by atoms with van der Waals surface area (Å²) < 4.78 is 5.38. The summed E-state index contributed by atoms with van der Waals surface area (Å²) in [5.41, 5.74) is 5.50. The molecule has 190 valence electrons. The van der Waals surface area contributed by atoms with Crippen molar-refractivity contribution >= 4 is 17.7 Å². The van der Waals surface area contributed by atoms with Crippen LogP contribution >= 0.6 is 0 Å². The molecule has 0 spiro atoms. The van der Waals surface area contributed by atoms with Crippen molar-refractivity contribution in [1.82, 2.24) is 19.7 Å². The van der Waals surface area contributed by atoms with Gasteiger partial charge >= 0.3 is 0 Å². The zero-order chi connectivity index (χ0) is 24.1. The molecule has 4 fully saturated rings. The van der Waals surface area contributed by atoms with Gasteiger partial charge in [-0.05, 0) is 67.5 Å². The van der Waals surface area contributed by atoms with Crippen molar-refractivity contribution in [2.75, 3.05) is 52.5 Å². The van der Waals surface area contributed by atoms with Crippen LogP contribution in [0.25, 0.3) is 5.57 Å². The van der Waals surface area contributed by atoms with Crippen LogP contribution in [-0.4, -0.2) is 96.4 Å².